The van der Waals surface area contributed by atoms with Crippen LogP contribution in [-0.2, 0) is 13.5 Å². The largest absolute Gasteiger partial charge is 0.331 e. The van der Waals surface area contributed by atoms with Crippen LogP contribution in [0, 0.1) is 5.82 Å². The number of nitrogens with zero attached hydrogens (tertiary/aromatic N) is 2. The van der Waals surface area contributed by atoms with Gasteiger partial charge >= 0.3 is 0 Å². The van der Waals surface area contributed by atoms with Gasteiger partial charge in [0.1, 0.15) is 11.6 Å². The molecule has 3 nitrogen and oxygen atoms in total. The molecule has 21 heavy (non-hydrogen) atoms. The summed E-state index contributed by atoms with van der Waals surface area (Å²) in [5.41, 5.74) is 9.01. The fourth-order valence-electron chi connectivity index (χ4n) is 2.44. The van der Waals surface area contributed by atoms with Crippen LogP contribution in [0.3, 0.4) is 0 Å². The Bertz CT molecular complexity index is 797. The van der Waals surface area contributed by atoms with Crippen LogP contribution in [0.15, 0.2) is 42.5 Å². The molecule has 0 saturated heterocycles. The fraction of sp³-hybridized carbons (Fsp3) is 0.188. The molecular formula is C16H15ClFN3. The smallest absolute Gasteiger partial charge is 0.141 e. The molecule has 0 fully saturated rings. The van der Waals surface area contributed by atoms with Gasteiger partial charge in [0.05, 0.1) is 16.1 Å². The van der Waals surface area contributed by atoms with Crippen LogP contribution in [0.4, 0.5) is 4.39 Å². The van der Waals surface area contributed by atoms with Crippen molar-refractivity contribution in [1.29, 1.82) is 0 Å². The second-order valence-electron chi connectivity index (χ2n) is 5.06. The van der Waals surface area contributed by atoms with Gasteiger partial charge in [0.2, 0.25) is 0 Å². The Morgan fingerprint density at radius 1 is 1.29 bits per heavy atom. The predicted molar refractivity (Wildman–Crippen MR) is 82.8 cm³/mol. The van der Waals surface area contributed by atoms with Gasteiger partial charge < -0.3 is 10.3 Å². The summed E-state index contributed by atoms with van der Waals surface area (Å²) in [7, 11) is 1.97. The van der Waals surface area contributed by atoms with Gasteiger partial charge in [-0.1, -0.05) is 29.8 Å². The zero-order chi connectivity index (χ0) is 15.0. The number of imidazole rings is 1. The Morgan fingerprint density at radius 2 is 2.05 bits per heavy atom. The highest BCUT2D eigenvalue weighted by Gasteiger charge is 2.14. The standard InChI is InChI=1S/C16H15ClFN3/c1-21-15-5-3-2-4-14(15)20-16(21)9-13(19)10-6-7-12(18)11(17)8-10/h2-8,13H,9,19H2,1H3. The summed E-state index contributed by atoms with van der Waals surface area (Å²) >= 11 is 5.81. The zero-order valence-electron chi connectivity index (χ0n) is 11.6. The lowest BCUT2D eigenvalue weighted by atomic mass is 10.0. The summed E-state index contributed by atoms with van der Waals surface area (Å²) in [4.78, 5) is 4.59. The first-order valence-electron chi connectivity index (χ1n) is 6.67. The number of fused-ring (bicyclic) bond motifs is 1. The predicted octanol–water partition coefficient (Wildman–Crippen LogP) is 3.61. The van der Waals surface area contributed by atoms with Gasteiger partial charge in [-0.25, -0.2) is 9.37 Å². The van der Waals surface area contributed by atoms with E-state index in [0.717, 1.165) is 22.4 Å². The zero-order valence-corrected chi connectivity index (χ0v) is 12.3. The first kappa shape index (κ1) is 14.0. The lowest BCUT2D eigenvalue weighted by Gasteiger charge is -2.12. The number of hydrogen-bond acceptors (Lipinski definition) is 2. The number of rotatable bonds is 3. The first-order valence-corrected chi connectivity index (χ1v) is 7.05. The number of aromatic nitrogens is 2. The highest BCUT2D eigenvalue weighted by Crippen LogP contribution is 2.23. The number of hydrogen-bond donors (Lipinski definition) is 1. The Labute approximate surface area is 127 Å². The molecule has 0 radical (unpaired) electrons. The summed E-state index contributed by atoms with van der Waals surface area (Å²) < 4.78 is 15.2. The van der Waals surface area contributed by atoms with Crippen LogP contribution < -0.4 is 5.73 Å². The van der Waals surface area contributed by atoms with Crippen LogP contribution in [0.5, 0.6) is 0 Å². The molecule has 0 aliphatic carbocycles. The van der Waals surface area contributed by atoms with E-state index in [-0.39, 0.29) is 11.1 Å². The molecule has 1 aromatic heterocycles. The molecule has 0 aliphatic rings. The van der Waals surface area contributed by atoms with E-state index in [4.69, 9.17) is 17.3 Å². The van der Waals surface area contributed by atoms with Crippen molar-refractivity contribution in [2.75, 3.05) is 0 Å². The summed E-state index contributed by atoms with van der Waals surface area (Å²) in [5, 5.41) is 0.0907. The molecule has 1 atom stereocenters. The van der Waals surface area contributed by atoms with Crippen molar-refractivity contribution in [1.82, 2.24) is 9.55 Å². The van der Waals surface area contributed by atoms with Crippen LogP contribution in [0.1, 0.15) is 17.4 Å². The van der Waals surface area contributed by atoms with E-state index in [1.165, 1.54) is 6.07 Å². The quantitative estimate of drug-likeness (QED) is 0.803. The highest BCUT2D eigenvalue weighted by molar-refractivity contribution is 6.30. The van der Waals surface area contributed by atoms with Crippen LogP contribution in [0.2, 0.25) is 5.02 Å². The third-order valence-electron chi connectivity index (χ3n) is 3.65. The number of aryl methyl sites for hydroxylation is 1. The first-order chi connectivity index (χ1) is 10.1. The van der Waals surface area contributed by atoms with Crippen LogP contribution in [-0.4, -0.2) is 9.55 Å². The molecule has 5 heteroatoms. The Balaban J connectivity index is 1.90. The maximum atomic E-state index is 13.2. The maximum Gasteiger partial charge on any atom is 0.141 e. The summed E-state index contributed by atoms with van der Waals surface area (Å²) in [6, 6.07) is 12.2. The molecule has 3 rings (SSSR count). The lowest BCUT2D eigenvalue weighted by molar-refractivity contribution is 0.622. The molecule has 0 amide bonds. The molecule has 3 aromatic rings. The van der Waals surface area contributed by atoms with Crippen molar-refractivity contribution in [2.24, 2.45) is 12.8 Å². The second-order valence-corrected chi connectivity index (χ2v) is 5.47. The van der Waals surface area contributed by atoms with E-state index < -0.39 is 5.82 Å². The van der Waals surface area contributed by atoms with Crippen molar-refractivity contribution in [3.05, 3.63) is 64.7 Å². The Morgan fingerprint density at radius 3 is 2.76 bits per heavy atom. The molecule has 1 unspecified atom stereocenters. The fourth-order valence-corrected chi connectivity index (χ4v) is 2.62. The van der Waals surface area contributed by atoms with Gasteiger partial charge in [-0.05, 0) is 29.8 Å². The number of para-hydroxylation sites is 2. The second kappa shape index (κ2) is 5.47. The van der Waals surface area contributed by atoms with Crippen LogP contribution >= 0.6 is 11.6 Å². The summed E-state index contributed by atoms with van der Waals surface area (Å²) in [6.07, 6.45) is 0.563. The summed E-state index contributed by atoms with van der Waals surface area (Å²) in [6.45, 7) is 0. The minimum Gasteiger partial charge on any atom is -0.331 e. The van der Waals surface area contributed by atoms with E-state index in [9.17, 15) is 4.39 Å². The van der Waals surface area contributed by atoms with Crippen molar-refractivity contribution < 1.29 is 4.39 Å². The number of halogens is 2. The molecule has 108 valence electrons. The third-order valence-corrected chi connectivity index (χ3v) is 3.94. The van der Waals surface area contributed by atoms with Crippen molar-refractivity contribution in [2.45, 2.75) is 12.5 Å². The monoisotopic (exact) mass is 303 g/mol. The van der Waals surface area contributed by atoms with Gasteiger partial charge in [0.15, 0.2) is 0 Å². The molecular weight excluding hydrogens is 289 g/mol. The van der Waals surface area contributed by atoms with Crippen molar-refractivity contribution >= 4 is 22.6 Å². The molecule has 0 aliphatic heterocycles. The molecule has 0 bridgehead atoms. The molecule has 0 saturated carbocycles. The van der Waals surface area contributed by atoms with Gasteiger partial charge in [-0.3, -0.25) is 0 Å². The van der Waals surface area contributed by atoms with Gasteiger partial charge in [0.25, 0.3) is 0 Å². The molecule has 1 heterocycles. The van der Waals surface area contributed by atoms with E-state index in [1.807, 2.05) is 35.9 Å². The molecule has 0 spiro atoms. The maximum absolute atomic E-state index is 13.2. The van der Waals surface area contributed by atoms with Gasteiger partial charge in [-0.2, -0.15) is 0 Å². The SMILES string of the molecule is Cn1c(CC(N)c2ccc(F)c(Cl)c2)nc2ccccc21. The van der Waals surface area contributed by atoms with Gasteiger partial charge in [0, 0.05) is 19.5 Å². The molecule has 2 N–H and O–H groups in total. The Kier molecular flexibility index (Phi) is 3.66. The summed E-state index contributed by atoms with van der Waals surface area (Å²) in [5.74, 6) is 0.458. The third kappa shape index (κ3) is 2.64. The van der Waals surface area contributed by atoms with Gasteiger partial charge in [-0.15, -0.1) is 0 Å². The van der Waals surface area contributed by atoms with E-state index in [1.54, 1.807) is 12.1 Å². The van der Waals surface area contributed by atoms with E-state index >= 15 is 0 Å². The van der Waals surface area contributed by atoms with E-state index in [0.29, 0.717) is 6.42 Å². The number of nitrogens with two attached hydrogens (primary N) is 1. The number of benzene rings is 2. The lowest BCUT2D eigenvalue weighted by Crippen LogP contribution is -2.16. The average Bonchev–Trinajstić information content (AvgIpc) is 2.79. The highest BCUT2D eigenvalue weighted by atomic mass is 35.5. The van der Waals surface area contributed by atoms with Crippen LogP contribution in [0.25, 0.3) is 11.0 Å². The minimum atomic E-state index is -0.435. The Hall–Kier alpha value is -1.91. The average molecular weight is 304 g/mol. The van der Waals surface area contributed by atoms with E-state index in [2.05, 4.69) is 4.98 Å². The van der Waals surface area contributed by atoms with Crippen molar-refractivity contribution in [3.63, 3.8) is 0 Å². The van der Waals surface area contributed by atoms with Crippen molar-refractivity contribution in [3.8, 4) is 0 Å². The normalized spacial score (nSPS) is 12.8. The molecule has 2 aromatic carbocycles. The minimum absolute atomic E-state index is 0.0907. The topological polar surface area (TPSA) is 43.8 Å².